The lowest BCUT2D eigenvalue weighted by Crippen LogP contribution is -2.19. The van der Waals surface area contributed by atoms with Crippen LogP contribution in [0.2, 0.25) is 0 Å². The number of benzene rings is 1. The zero-order chi connectivity index (χ0) is 14.5. The molecule has 0 spiro atoms. The van der Waals surface area contributed by atoms with E-state index < -0.39 is 5.82 Å². The summed E-state index contributed by atoms with van der Waals surface area (Å²) in [6.07, 6.45) is 1.60. The van der Waals surface area contributed by atoms with Gasteiger partial charge in [-0.05, 0) is 25.1 Å². The van der Waals surface area contributed by atoms with E-state index in [4.69, 9.17) is 15.4 Å². The largest absolute Gasteiger partial charge is 0.468 e. The summed E-state index contributed by atoms with van der Waals surface area (Å²) in [6, 6.07) is 8.09. The summed E-state index contributed by atoms with van der Waals surface area (Å²) in [5.74, 6) is 0.263. The molecule has 0 amide bonds. The maximum atomic E-state index is 13.9. The van der Waals surface area contributed by atoms with Crippen LogP contribution in [0, 0.1) is 5.82 Å². The van der Waals surface area contributed by atoms with E-state index in [-0.39, 0.29) is 11.9 Å². The van der Waals surface area contributed by atoms with Crippen molar-refractivity contribution in [2.75, 3.05) is 0 Å². The number of oxime groups is 1. The van der Waals surface area contributed by atoms with Gasteiger partial charge in [0.05, 0.1) is 12.3 Å². The van der Waals surface area contributed by atoms with Crippen molar-refractivity contribution in [3.63, 3.8) is 0 Å². The van der Waals surface area contributed by atoms with Crippen LogP contribution in [0.5, 0.6) is 0 Å². The molecule has 0 aliphatic carbocycles. The first kappa shape index (κ1) is 14.1. The molecule has 1 aromatic carbocycles. The molecule has 0 saturated heterocycles. The van der Waals surface area contributed by atoms with Gasteiger partial charge in [-0.25, -0.2) is 4.39 Å². The minimum atomic E-state index is -0.409. The Bertz CT molecular complexity index is 596. The summed E-state index contributed by atoms with van der Waals surface area (Å²) in [5, 5.41) is 14.5. The van der Waals surface area contributed by atoms with Crippen molar-refractivity contribution in [1.82, 2.24) is 5.32 Å². The number of rotatable bonds is 5. The van der Waals surface area contributed by atoms with Crippen LogP contribution in [-0.4, -0.2) is 11.0 Å². The molecule has 0 saturated carbocycles. The number of nitrogens with two attached hydrogens (primary N) is 1. The smallest absolute Gasteiger partial charge is 0.170 e. The Morgan fingerprint density at radius 3 is 2.90 bits per heavy atom. The molecule has 0 aliphatic rings. The summed E-state index contributed by atoms with van der Waals surface area (Å²) < 4.78 is 19.1. The van der Waals surface area contributed by atoms with Crippen LogP contribution in [0.25, 0.3) is 0 Å². The second kappa shape index (κ2) is 6.21. The number of furan rings is 1. The van der Waals surface area contributed by atoms with Crippen LogP contribution >= 0.6 is 0 Å². The highest BCUT2D eigenvalue weighted by molar-refractivity contribution is 5.97. The van der Waals surface area contributed by atoms with Gasteiger partial charge in [-0.2, -0.15) is 0 Å². The number of hydrogen-bond donors (Lipinski definition) is 3. The molecular formula is C14H16FN3O2. The van der Waals surface area contributed by atoms with Crippen LogP contribution < -0.4 is 11.1 Å². The summed E-state index contributed by atoms with van der Waals surface area (Å²) >= 11 is 0. The first-order valence-corrected chi connectivity index (χ1v) is 6.15. The SMILES string of the molecule is C[C@@H](NCc1ccc(/C(N)=N/O)cc1F)c1ccco1. The standard InChI is InChI=1S/C14H16FN3O2/c1-9(13-3-2-6-20-13)17-8-11-5-4-10(7-12(11)15)14(16)18-19/h2-7,9,17,19H,8H2,1H3,(H2,16,18)/t9-/m1/s1. The van der Waals surface area contributed by atoms with Crippen LogP contribution in [0.1, 0.15) is 29.9 Å². The van der Waals surface area contributed by atoms with E-state index in [1.807, 2.05) is 13.0 Å². The molecule has 2 rings (SSSR count). The Morgan fingerprint density at radius 1 is 1.50 bits per heavy atom. The molecule has 1 atom stereocenters. The molecular weight excluding hydrogens is 261 g/mol. The molecule has 106 valence electrons. The minimum absolute atomic E-state index is 0.0202. The molecule has 2 aromatic rings. The summed E-state index contributed by atoms with van der Waals surface area (Å²) in [6.45, 7) is 2.28. The highest BCUT2D eigenvalue weighted by atomic mass is 19.1. The predicted octanol–water partition coefficient (Wildman–Crippen LogP) is 2.36. The number of hydrogen-bond acceptors (Lipinski definition) is 4. The number of nitrogens with zero attached hydrogens (tertiary/aromatic N) is 1. The summed E-state index contributed by atoms with van der Waals surface area (Å²) in [7, 11) is 0. The van der Waals surface area contributed by atoms with Gasteiger partial charge in [-0.3, -0.25) is 0 Å². The van der Waals surface area contributed by atoms with Crippen LogP contribution in [-0.2, 0) is 6.54 Å². The first-order chi connectivity index (χ1) is 9.61. The Hall–Kier alpha value is -2.34. The van der Waals surface area contributed by atoms with Gasteiger partial charge in [0.1, 0.15) is 11.6 Å². The van der Waals surface area contributed by atoms with Crippen molar-refractivity contribution in [2.45, 2.75) is 19.5 Å². The van der Waals surface area contributed by atoms with Crippen molar-refractivity contribution in [3.05, 3.63) is 59.3 Å². The Morgan fingerprint density at radius 2 is 2.30 bits per heavy atom. The number of amidine groups is 1. The molecule has 20 heavy (non-hydrogen) atoms. The van der Waals surface area contributed by atoms with Gasteiger partial charge in [-0.1, -0.05) is 17.3 Å². The second-order valence-electron chi connectivity index (χ2n) is 4.41. The maximum Gasteiger partial charge on any atom is 0.170 e. The van der Waals surface area contributed by atoms with Crippen molar-refractivity contribution < 1.29 is 14.0 Å². The Balaban J connectivity index is 2.03. The van der Waals surface area contributed by atoms with Crippen molar-refractivity contribution in [3.8, 4) is 0 Å². The molecule has 0 fully saturated rings. The monoisotopic (exact) mass is 277 g/mol. The van der Waals surface area contributed by atoms with Gasteiger partial charge >= 0.3 is 0 Å². The second-order valence-corrected chi connectivity index (χ2v) is 4.41. The van der Waals surface area contributed by atoms with E-state index in [1.54, 1.807) is 24.5 Å². The van der Waals surface area contributed by atoms with Crippen molar-refractivity contribution >= 4 is 5.84 Å². The third-order valence-electron chi connectivity index (χ3n) is 3.03. The third kappa shape index (κ3) is 3.16. The molecule has 0 bridgehead atoms. The molecule has 6 heteroatoms. The average molecular weight is 277 g/mol. The lowest BCUT2D eigenvalue weighted by atomic mass is 10.1. The molecule has 0 aliphatic heterocycles. The fraction of sp³-hybridized carbons (Fsp3) is 0.214. The third-order valence-corrected chi connectivity index (χ3v) is 3.03. The molecule has 1 heterocycles. The van der Waals surface area contributed by atoms with E-state index in [0.29, 0.717) is 17.7 Å². The molecule has 1 aromatic heterocycles. The normalized spacial score (nSPS) is 13.4. The Kier molecular flexibility index (Phi) is 4.37. The average Bonchev–Trinajstić information content (AvgIpc) is 2.99. The molecule has 5 nitrogen and oxygen atoms in total. The summed E-state index contributed by atoms with van der Waals surface area (Å²) in [4.78, 5) is 0. The lowest BCUT2D eigenvalue weighted by molar-refractivity contribution is 0.318. The van der Waals surface area contributed by atoms with Gasteiger partial charge in [0.25, 0.3) is 0 Å². The van der Waals surface area contributed by atoms with E-state index >= 15 is 0 Å². The molecule has 0 radical (unpaired) electrons. The van der Waals surface area contributed by atoms with E-state index in [0.717, 1.165) is 5.76 Å². The zero-order valence-corrected chi connectivity index (χ0v) is 11.0. The van der Waals surface area contributed by atoms with Gasteiger partial charge in [0.2, 0.25) is 0 Å². The van der Waals surface area contributed by atoms with Crippen LogP contribution in [0.15, 0.2) is 46.2 Å². The van der Waals surface area contributed by atoms with Crippen LogP contribution in [0.4, 0.5) is 4.39 Å². The van der Waals surface area contributed by atoms with Gasteiger partial charge in [-0.15, -0.1) is 0 Å². The van der Waals surface area contributed by atoms with Gasteiger partial charge in [0.15, 0.2) is 5.84 Å². The van der Waals surface area contributed by atoms with E-state index in [1.165, 1.54) is 6.07 Å². The Labute approximate surface area is 115 Å². The topological polar surface area (TPSA) is 83.8 Å². The first-order valence-electron chi connectivity index (χ1n) is 6.15. The highest BCUT2D eigenvalue weighted by Gasteiger charge is 2.10. The number of nitrogens with one attached hydrogen (secondary N) is 1. The van der Waals surface area contributed by atoms with E-state index in [9.17, 15) is 4.39 Å². The van der Waals surface area contributed by atoms with Crippen molar-refractivity contribution in [2.24, 2.45) is 10.9 Å². The summed E-state index contributed by atoms with van der Waals surface area (Å²) in [5.41, 5.74) is 6.24. The van der Waals surface area contributed by atoms with E-state index in [2.05, 4.69) is 10.5 Å². The molecule has 0 unspecified atom stereocenters. The fourth-order valence-electron chi connectivity index (χ4n) is 1.81. The predicted molar refractivity (Wildman–Crippen MR) is 72.9 cm³/mol. The zero-order valence-electron chi connectivity index (χ0n) is 11.0. The maximum absolute atomic E-state index is 13.9. The van der Waals surface area contributed by atoms with Crippen LogP contribution in [0.3, 0.4) is 0 Å². The van der Waals surface area contributed by atoms with Crippen molar-refractivity contribution in [1.29, 1.82) is 0 Å². The lowest BCUT2D eigenvalue weighted by Gasteiger charge is -2.12. The fourth-order valence-corrected chi connectivity index (χ4v) is 1.81. The van der Waals surface area contributed by atoms with Gasteiger partial charge < -0.3 is 20.7 Å². The van der Waals surface area contributed by atoms with Gasteiger partial charge in [0, 0.05) is 17.7 Å². The highest BCUT2D eigenvalue weighted by Crippen LogP contribution is 2.15. The number of halogens is 1. The quantitative estimate of drug-likeness (QED) is 0.339. The molecule has 4 N–H and O–H groups in total. The minimum Gasteiger partial charge on any atom is -0.468 e.